The predicted octanol–water partition coefficient (Wildman–Crippen LogP) is 3.06. The molecule has 0 saturated carbocycles. The third-order valence-corrected chi connectivity index (χ3v) is 4.66. The van der Waals surface area contributed by atoms with Crippen molar-refractivity contribution in [1.82, 2.24) is 9.97 Å². The normalized spacial score (nSPS) is 10.9. The van der Waals surface area contributed by atoms with Crippen LogP contribution in [0, 0.1) is 6.92 Å². The van der Waals surface area contributed by atoms with E-state index in [2.05, 4.69) is 9.97 Å². The third-order valence-electron chi connectivity index (χ3n) is 4.66. The Labute approximate surface area is 157 Å². The number of benzene rings is 2. The Balaban J connectivity index is 0.000000156. The van der Waals surface area contributed by atoms with Crippen LogP contribution in [0.2, 0.25) is 0 Å². The summed E-state index contributed by atoms with van der Waals surface area (Å²) in [5.41, 5.74) is 16.6. The van der Waals surface area contributed by atoms with E-state index < -0.39 is 0 Å². The van der Waals surface area contributed by atoms with Gasteiger partial charge in [-0.2, -0.15) is 0 Å². The molecule has 27 heavy (non-hydrogen) atoms. The number of aromatic amines is 2. The summed E-state index contributed by atoms with van der Waals surface area (Å²) in [6.45, 7) is 3.29. The molecule has 0 unspecified atom stereocenters. The summed E-state index contributed by atoms with van der Waals surface area (Å²) < 4.78 is 0. The topological polar surface area (TPSA) is 124 Å². The van der Waals surface area contributed by atoms with Gasteiger partial charge in [0.05, 0.1) is 0 Å². The Bertz CT molecular complexity index is 1050. The van der Waals surface area contributed by atoms with Crippen LogP contribution in [0.5, 0.6) is 11.5 Å². The van der Waals surface area contributed by atoms with Gasteiger partial charge in [-0.15, -0.1) is 0 Å². The number of nitrogens with two attached hydrogens (primary N) is 2. The molecule has 2 aromatic carbocycles. The summed E-state index contributed by atoms with van der Waals surface area (Å²) in [7, 11) is 0. The fourth-order valence-electron chi connectivity index (χ4n) is 3.37. The molecule has 2 aromatic heterocycles. The molecular formula is C21H26N4O2. The SMILES string of the molecule is Cc1[nH]c2ccc(O)cc2c1CCN.NCCc1c[nH]c2ccc(O)cc12. The zero-order chi connectivity index (χ0) is 19.4. The van der Waals surface area contributed by atoms with E-state index in [1.165, 1.54) is 5.56 Å². The molecular weight excluding hydrogens is 340 g/mol. The van der Waals surface area contributed by atoms with Gasteiger partial charge < -0.3 is 31.6 Å². The lowest BCUT2D eigenvalue weighted by Gasteiger charge is -1.98. The lowest BCUT2D eigenvalue weighted by Crippen LogP contribution is -2.03. The van der Waals surface area contributed by atoms with E-state index in [0.29, 0.717) is 24.6 Å². The highest BCUT2D eigenvalue weighted by Crippen LogP contribution is 2.26. The second kappa shape index (κ2) is 8.16. The molecule has 0 aliphatic heterocycles. The van der Waals surface area contributed by atoms with Gasteiger partial charge in [-0.3, -0.25) is 0 Å². The van der Waals surface area contributed by atoms with E-state index in [-0.39, 0.29) is 0 Å². The molecule has 6 heteroatoms. The lowest BCUT2D eigenvalue weighted by atomic mass is 10.1. The Kier molecular flexibility index (Phi) is 5.69. The summed E-state index contributed by atoms with van der Waals surface area (Å²) in [5, 5.41) is 20.8. The molecule has 0 amide bonds. The van der Waals surface area contributed by atoms with Crippen molar-refractivity contribution in [3.05, 3.63) is 59.4 Å². The molecule has 142 valence electrons. The fourth-order valence-corrected chi connectivity index (χ4v) is 3.37. The van der Waals surface area contributed by atoms with Gasteiger partial charge in [0, 0.05) is 33.7 Å². The predicted molar refractivity (Wildman–Crippen MR) is 110 cm³/mol. The molecule has 0 spiro atoms. The van der Waals surface area contributed by atoms with Crippen LogP contribution in [0.15, 0.2) is 42.6 Å². The maximum Gasteiger partial charge on any atom is 0.116 e. The molecule has 0 radical (unpaired) electrons. The maximum absolute atomic E-state index is 9.39. The smallest absolute Gasteiger partial charge is 0.116 e. The minimum absolute atomic E-state index is 0.297. The van der Waals surface area contributed by atoms with Crippen molar-refractivity contribution in [2.45, 2.75) is 19.8 Å². The molecule has 2 heterocycles. The Hall–Kier alpha value is -2.96. The molecule has 0 fully saturated rings. The van der Waals surface area contributed by atoms with Crippen LogP contribution < -0.4 is 11.5 Å². The number of hydrogen-bond acceptors (Lipinski definition) is 4. The molecule has 0 aliphatic rings. The van der Waals surface area contributed by atoms with E-state index in [1.54, 1.807) is 24.3 Å². The number of phenols is 2. The van der Waals surface area contributed by atoms with Gasteiger partial charge in [0.1, 0.15) is 11.5 Å². The molecule has 8 N–H and O–H groups in total. The van der Waals surface area contributed by atoms with Crippen LogP contribution in [0.25, 0.3) is 21.8 Å². The highest BCUT2D eigenvalue weighted by molar-refractivity contribution is 5.86. The van der Waals surface area contributed by atoms with Crippen LogP contribution in [-0.4, -0.2) is 33.3 Å². The summed E-state index contributed by atoms with van der Waals surface area (Å²) in [4.78, 5) is 6.41. The van der Waals surface area contributed by atoms with E-state index in [0.717, 1.165) is 45.9 Å². The van der Waals surface area contributed by atoms with Gasteiger partial charge in [0.25, 0.3) is 0 Å². The standard InChI is InChI=1S/C11H14N2O.C10H12N2O/c1-7-9(4-5-12)10-6-8(14)2-3-11(10)13-7;11-4-3-7-6-12-10-2-1-8(13)5-9(7)10/h2-3,6,13-14H,4-5,12H2,1H3;1-2,5-6,12-13H,3-4,11H2. The van der Waals surface area contributed by atoms with Crippen LogP contribution in [-0.2, 0) is 12.8 Å². The van der Waals surface area contributed by atoms with E-state index >= 15 is 0 Å². The summed E-state index contributed by atoms with van der Waals surface area (Å²) >= 11 is 0. The molecule has 0 atom stereocenters. The van der Waals surface area contributed by atoms with Crippen LogP contribution in [0.3, 0.4) is 0 Å². The number of aromatic nitrogens is 2. The van der Waals surface area contributed by atoms with Crippen molar-refractivity contribution in [2.24, 2.45) is 11.5 Å². The Morgan fingerprint density at radius 1 is 0.852 bits per heavy atom. The maximum atomic E-state index is 9.39. The average Bonchev–Trinajstić information content (AvgIpc) is 3.17. The number of aromatic hydroxyl groups is 2. The second-order valence-electron chi connectivity index (χ2n) is 6.58. The van der Waals surface area contributed by atoms with Crippen LogP contribution in [0.4, 0.5) is 0 Å². The van der Waals surface area contributed by atoms with Gasteiger partial charge in [-0.05, 0) is 80.4 Å². The number of H-pyrrole nitrogens is 2. The largest absolute Gasteiger partial charge is 0.508 e. The Morgan fingerprint density at radius 3 is 2.15 bits per heavy atom. The molecule has 0 saturated heterocycles. The van der Waals surface area contributed by atoms with E-state index in [9.17, 15) is 10.2 Å². The van der Waals surface area contributed by atoms with Crippen molar-refractivity contribution < 1.29 is 10.2 Å². The van der Waals surface area contributed by atoms with E-state index in [4.69, 9.17) is 11.5 Å². The van der Waals surface area contributed by atoms with Crippen LogP contribution in [0.1, 0.15) is 16.8 Å². The zero-order valence-electron chi connectivity index (χ0n) is 15.4. The number of phenolic OH excluding ortho intramolecular Hbond substituents is 2. The molecule has 0 aliphatic carbocycles. The first-order valence-corrected chi connectivity index (χ1v) is 9.02. The van der Waals surface area contributed by atoms with Crippen molar-refractivity contribution in [3.63, 3.8) is 0 Å². The molecule has 6 nitrogen and oxygen atoms in total. The molecule has 4 rings (SSSR count). The number of fused-ring (bicyclic) bond motifs is 2. The van der Waals surface area contributed by atoms with Crippen molar-refractivity contribution in [3.8, 4) is 11.5 Å². The van der Waals surface area contributed by atoms with Crippen molar-refractivity contribution in [2.75, 3.05) is 13.1 Å². The lowest BCUT2D eigenvalue weighted by molar-refractivity contribution is 0.475. The Morgan fingerprint density at radius 2 is 1.48 bits per heavy atom. The minimum Gasteiger partial charge on any atom is -0.508 e. The third kappa shape index (κ3) is 4.07. The zero-order valence-corrected chi connectivity index (χ0v) is 15.4. The first-order chi connectivity index (χ1) is 13.0. The number of nitrogens with one attached hydrogen (secondary N) is 2. The monoisotopic (exact) mass is 366 g/mol. The first-order valence-electron chi connectivity index (χ1n) is 9.02. The summed E-state index contributed by atoms with van der Waals surface area (Å²) in [5.74, 6) is 0.597. The van der Waals surface area contributed by atoms with Gasteiger partial charge in [0.2, 0.25) is 0 Å². The summed E-state index contributed by atoms with van der Waals surface area (Å²) in [6, 6.07) is 10.7. The van der Waals surface area contributed by atoms with Crippen molar-refractivity contribution in [1.29, 1.82) is 0 Å². The minimum atomic E-state index is 0.297. The van der Waals surface area contributed by atoms with Gasteiger partial charge >= 0.3 is 0 Å². The van der Waals surface area contributed by atoms with Gasteiger partial charge in [0.15, 0.2) is 0 Å². The highest BCUT2D eigenvalue weighted by atomic mass is 16.3. The van der Waals surface area contributed by atoms with Crippen LogP contribution >= 0.6 is 0 Å². The number of hydrogen-bond donors (Lipinski definition) is 6. The fraction of sp³-hybridized carbons (Fsp3) is 0.238. The first kappa shape index (κ1) is 18.8. The number of aryl methyl sites for hydroxylation is 1. The highest BCUT2D eigenvalue weighted by Gasteiger charge is 2.07. The van der Waals surface area contributed by atoms with Crippen molar-refractivity contribution >= 4 is 21.8 Å². The number of rotatable bonds is 4. The van der Waals surface area contributed by atoms with Gasteiger partial charge in [-0.25, -0.2) is 0 Å². The molecule has 0 bridgehead atoms. The quantitative estimate of drug-likeness (QED) is 0.332. The van der Waals surface area contributed by atoms with E-state index in [1.807, 2.05) is 25.3 Å². The average molecular weight is 366 g/mol. The van der Waals surface area contributed by atoms with Gasteiger partial charge in [-0.1, -0.05) is 0 Å². The second-order valence-corrected chi connectivity index (χ2v) is 6.58. The molecule has 4 aromatic rings. The summed E-state index contributed by atoms with van der Waals surface area (Å²) in [6.07, 6.45) is 3.62.